The maximum absolute atomic E-state index is 2.26. The van der Waals surface area contributed by atoms with Gasteiger partial charge in [-0.05, 0) is 12.8 Å². The molecular weight excluding hydrogens is 313 g/mol. The van der Waals surface area contributed by atoms with Gasteiger partial charge in [0.1, 0.15) is 0 Å². The van der Waals surface area contributed by atoms with Crippen molar-refractivity contribution >= 4 is 68.6 Å². The minimum absolute atomic E-state index is 0.892. The van der Waals surface area contributed by atoms with E-state index in [0.29, 0.717) is 0 Å². The number of thioether (sulfide) groups is 4. The molecule has 0 aromatic carbocycles. The minimum Gasteiger partial charge on any atom is -0.160 e. The van der Waals surface area contributed by atoms with Gasteiger partial charge in [0.2, 0.25) is 0 Å². The molecule has 0 N–H and O–H groups in total. The molecule has 0 nitrogen and oxygen atoms in total. The summed E-state index contributed by atoms with van der Waals surface area (Å²) in [5, 5.41) is 1.96. The third kappa shape index (κ3) is 3.56. The van der Waals surface area contributed by atoms with Crippen LogP contribution in [0.4, 0.5) is 0 Å². The first-order valence-electron chi connectivity index (χ1n) is 5.69. The van der Waals surface area contributed by atoms with Gasteiger partial charge < -0.3 is 0 Å². The number of hydrogen-bond acceptors (Lipinski definition) is 6. The summed E-state index contributed by atoms with van der Waals surface area (Å²) in [4.78, 5) is 0. The van der Waals surface area contributed by atoms with Crippen LogP contribution in [0.25, 0.3) is 0 Å². The van der Waals surface area contributed by atoms with E-state index in [1.165, 1.54) is 35.9 Å². The molecule has 6 heteroatoms. The molecule has 0 amide bonds. The van der Waals surface area contributed by atoms with Gasteiger partial charge >= 0.3 is 0 Å². The Kier molecular flexibility index (Phi) is 5.33. The van der Waals surface area contributed by atoms with Gasteiger partial charge in [0.15, 0.2) is 0 Å². The topological polar surface area (TPSA) is 0 Å². The number of hydrogen-bond donors (Lipinski definition) is 0. The van der Waals surface area contributed by atoms with Crippen molar-refractivity contribution in [1.82, 2.24) is 0 Å². The fourth-order valence-corrected chi connectivity index (χ4v) is 11.3. The summed E-state index contributed by atoms with van der Waals surface area (Å²) in [6.07, 6.45) is 2.89. The highest BCUT2D eigenvalue weighted by molar-refractivity contribution is 8.80. The van der Waals surface area contributed by atoms with Crippen LogP contribution in [0.1, 0.15) is 12.8 Å². The molecule has 2 atom stereocenters. The Hall–Kier alpha value is 2.10. The van der Waals surface area contributed by atoms with Crippen molar-refractivity contribution in [3.05, 3.63) is 0 Å². The minimum atomic E-state index is 0.892. The van der Waals surface area contributed by atoms with E-state index in [4.69, 9.17) is 0 Å². The molecule has 3 aliphatic rings. The zero-order valence-electron chi connectivity index (χ0n) is 9.00. The molecule has 3 fully saturated rings. The monoisotopic (exact) mass is 328 g/mol. The molecule has 92 valence electrons. The van der Waals surface area contributed by atoms with Crippen molar-refractivity contribution in [2.75, 3.05) is 23.0 Å². The Labute approximate surface area is 123 Å². The van der Waals surface area contributed by atoms with Gasteiger partial charge in [-0.25, -0.2) is 0 Å². The molecule has 3 saturated heterocycles. The molecule has 0 spiro atoms. The van der Waals surface area contributed by atoms with E-state index in [0.717, 1.165) is 19.7 Å². The smallest absolute Gasteiger partial charge is 0.0610 e. The summed E-state index contributed by atoms with van der Waals surface area (Å²) < 4.78 is 1.78. The van der Waals surface area contributed by atoms with E-state index in [1.807, 2.05) is 0 Å². The van der Waals surface area contributed by atoms with Crippen LogP contribution in [-0.4, -0.2) is 42.7 Å². The van der Waals surface area contributed by atoms with Crippen molar-refractivity contribution in [2.45, 2.75) is 32.5 Å². The van der Waals surface area contributed by atoms with Gasteiger partial charge in [-0.15, -0.1) is 23.5 Å². The molecular formula is C10H16S6. The van der Waals surface area contributed by atoms with E-state index < -0.39 is 0 Å². The van der Waals surface area contributed by atoms with Gasteiger partial charge in [-0.3, -0.25) is 0 Å². The molecule has 0 saturated carbocycles. The Balaban J connectivity index is 1.34. The van der Waals surface area contributed by atoms with Crippen LogP contribution in [-0.2, 0) is 0 Å². The highest BCUT2D eigenvalue weighted by Crippen LogP contribution is 2.52. The Bertz CT molecular complexity index is 195. The van der Waals surface area contributed by atoms with Crippen LogP contribution in [0.2, 0.25) is 0 Å². The Morgan fingerprint density at radius 1 is 0.688 bits per heavy atom. The van der Waals surface area contributed by atoms with Crippen molar-refractivity contribution in [2.24, 2.45) is 0 Å². The molecule has 0 aromatic rings. The summed E-state index contributed by atoms with van der Waals surface area (Å²) in [5.74, 6) is 5.63. The fourth-order valence-electron chi connectivity index (χ4n) is 1.69. The Morgan fingerprint density at radius 3 is 1.38 bits per heavy atom. The molecule has 3 rings (SSSR count). The highest BCUT2D eigenvalue weighted by atomic mass is 33.1. The van der Waals surface area contributed by atoms with E-state index >= 15 is 0 Å². The second kappa shape index (κ2) is 6.51. The molecule has 16 heavy (non-hydrogen) atoms. The highest BCUT2D eigenvalue weighted by Gasteiger charge is 2.31. The van der Waals surface area contributed by atoms with Crippen LogP contribution in [0.15, 0.2) is 0 Å². The van der Waals surface area contributed by atoms with Crippen LogP contribution >= 0.6 is 68.6 Å². The largest absolute Gasteiger partial charge is 0.160 e. The standard InChI is InChI=1S/C10H16S6/c1-2-10(14-8-5-12-6-8)16-15-9(1)13-7-3-11-4-7/h7-10H,1-6H2. The normalized spacial score (nSPS) is 36.8. The third-order valence-corrected chi connectivity index (χ3v) is 13.4. The summed E-state index contributed by atoms with van der Waals surface area (Å²) in [6, 6.07) is 0. The van der Waals surface area contributed by atoms with E-state index in [-0.39, 0.29) is 0 Å². The van der Waals surface area contributed by atoms with Crippen molar-refractivity contribution in [1.29, 1.82) is 0 Å². The zero-order valence-corrected chi connectivity index (χ0v) is 13.9. The average Bonchev–Trinajstić information content (AvgIpc) is 2.19. The lowest BCUT2D eigenvalue weighted by Crippen LogP contribution is -2.26. The maximum atomic E-state index is 2.26. The third-order valence-electron chi connectivity index (χ3n) is 2.81. The summed E-state index contributed by atoms with van der Waals surface area (Å²) in [7, 11) is 4.34. The molecule has 0 radical (unpaired) electrons. The SMILES string of the molecule is C1SCC1SC1CCC(SC2CSC2)SS1. The average molecular weight is 329 g/mol. The van der Waals surface area contributed by atoms with Crippen LogP contribution < -0.4 is 0 Å². The molecule has 3 heterocycles. The van der Waals surface area contributed by atoms with E-state index in [9.17, 15) is 0 Å². The molecule has 0 aliphatic carbocycles. The van der Waals surface area contributed by atoms with E-state index in [2.05, 4.69) is 68.6 Å². The first-order valence-corrected chi connectivity index (χ1v) is 12.2. The molecule has 3 aliphatic heterocycles. The first-order chi connectivity index (χ1) is 7.90. The van der Waals surface area contributed by atoms with Crippen molar-refractivity contribution in [3.63, 3.8) is 0 Å². The predicted molar refractivity (Wildman–Crippen MR) is 89.4 cm³/mol. The van der Waals surface area contributed by atoms with Crippen LogP contribution in [0.3, 0.4) is 0 Å². The zero-order chi connectivity index (χ0) is 10.8. The van der Waals surface area contributed by atoms with Gasteiger partial charge in [0, 0.05) is 33.5 Å². The summed E-state index contributed by atoms with van der Waals surface area (Å²) >= 11 is 8.73. The second-order valence-electron chi connectivity index (χ2n) is 4.22. The fraction of sp³-hybridized carbons (Fsp3) is 1.00. The lowest BCUT2D eigenvalue weighted by Gasteiger charge is -2.34. The van der Waals surface area contributed by atoms with Crippen LogP contribution in [0, 0.1) is 0 Å². The maximum Gasteiger partial charge on any atom is 0.0610 e. The van der Waals surface area contributed by atoms with E-state index in [1.54, 1.807) is 0 Å². The van der Waals surface area contributed by atoms with Crippen molar-refractivity contribution < 1.29 is 0 Å². The molecule has 0 bridgehead atoms. The van der Waals surface area contributed by atoms with Gasteiger partial charge in [0.05, 0.1) is 9.16 Å². The second-order valence-corrected chi connectivity index (χ2v) is 12.7. The van der Waals surface area contributed by atoms with Gasteiger partial charge in [-0.1, -0.05) is 21.6 Å². The van der Waals surface area contributed by atoms with Crippen LogP contribution in [0.5, 0.6) is 0 Å². The lowest BCUT2D eigenvalue weighted by molar-refractivity contribution is 0.846. The van der Waals surface area contributed by atoms with Crippen molar-refractivity contribution in [3.8, 4) is 0 Å². The lowest BCUT2D eigenvalue weighted by atomic mass is 10.4. The quantitative estimate of drug-likeness (QED) is 0.691. The number of rotatable bonds is 4. The Morgan fingerprint density at radius 2 is 1.12 bits per heavy atom. The molecule has 2 unspecified atom stereocenters. The predicted octanol–water partition coefficient (Wildman–Crippen LogP) is 4.51. The first kappa shape index (κ1) is 13.1. The van der Waals surface area contributed by atoms with Gasteiger partial charge in [-0.2, -0.15) is 23.5 Å². The summed E-state index contributed by atoms with van der Waals surface area (Å²) in [6.45, 7) is 0. The van der Waals surface area contributed by atoms with Gasteiger partial charge in [0.25, 0.3) is 0 Å². The molecule has 0 aromatic heterocycles. The summed E-state index contributed by atoms with van der Waals surface area (Å²) in [5.41, 5.74) is 0.